The van der Waals surface area contributed by atoms with E-state index in [1.165, 1.54) is 36.2 Å². The van der Waals surface area contributed by atoms with E-state index in [2.05, 4.69) is 38.1 Å². The Morgan fingerprint density at radius 2 is 1.95 bits per heavy atom. The van der Waals surface area contributed by atoms with Crippen LogP contribution < -0.4 is 0 Å². The Morgan fingerprint density at radius 1 is 1.29 bits per heavy atom. The maximum atomic E-state index is 10.2. The molecule has 3 heteroatoms. The molecule has 0 aliphatic rings. The summed E-state index contributed by atoms with van der Waals surface area (Å²) in [5.41, 5.74) is 3.42. The van der Waals surface area contributed by atoms with Crippen molar-refractivity contribution in [1.29, 1.82) is 5.41 Å². The highest BCUT2D eigenvalue weighted by atomic mass is 32.1. The summed E-state index contributed by atoms with van der Waals surface area (Å²) in [6, 6.07) is 8.47. The van der Waals surface area contributed by atoms with E-state index in [-0.39, 0.29) is 5.75 Å². The monoisotopic (exact) mass is 301 g/mol. The molecule has 0 spiro atoms. The van der Waals surface area contributed by atoms with E-state index in [1.54, 1.807) is 6.92 Å². The van der Waals surface area contributed by atoms with E-state index in [0.717, 1.165) is 10.4 Å². The highest BCUT2D eigenvalue weighted by Crippen LogP contribution is 2.39. The Labute approximate surface area is 131 Å². The standard InChI is InChI=1S/C18H23NOS/c1-4-5-6-12(2)14-7-9-15(10-8-14)18-17(20)16(11-21-18)13(3)19/h7-12,19-20H,4-6H2,1-3H3. The van der Waals surface area contributed by atoms with Crippen LogP contribution in [0.5, 0.6) is 5.75 Å². The zero-order chi connectivity index (χ0) is 15.4. The molecule has 0 saturated heterocycles. The number of benzene rings is 1. The lowest BCUT2D eigenvalue weighted by Crippen LogP contribution is -1.93. The molecular formula is C18H23NOS. The predicted octanol–water partition coefficient (Wildman–Crippen LogP) is 5.80. The topological polar surface area (TPSA) is 44.1 Å². The first kappa shape index (κ1) is 15.8. The molecule has 2 nitrogen and oxygen atoms in total. The summed E-state index contributed by atoms with van der Waals surface area (Å²) < 4.78 is 0. The lowest BCUT2D eigenvalue weighted by atomic mass is 9.94. The summed E-state index contributed by atoms with van der Waals surface area (Å²) >= 11 is 1.49. The Morgan fingerprint density at radius 3 is 2.48 bits per heavy atom. The van der Waals surface area contributed by atoms with Crippen LogP contribution in [0.1, 0.15) is 57.1 Å². The van der Waals surface area contributed by atoms with E-state index in [0.29, 0.717) is 17.2 Å². The Kier molecular flexibility index (Phi) is 5.18. The molecule has 0 aliphatic heterocycles. The van der Waals surface area contributed by atoms with Gasteiger partial charge in [-0.3, -0.25) is 0 Å². The van der Waals surface area contributed by atoms with Gasteiger partial charge in [0.1, 0.15) is 5.75 Å². The Balaban J connectivity index is 2.21. The van der Waals surface area contributed by atoms with Crippen molar-refractivity contribution in [2.75, 3.05) is 0 Å². The smallest absolute Gasteiger partial charge is 0.143 e. The van der Waals surface area contributed by atoms with Gasteiger partial charge in [0.2, 0.25) is 0 Å². The summed E-state index contributed by atoms with van der Waals surface area (Å²) in [4.78, 5) is 0.851. The SMILES string of the molecule is CCCCC(C)c1ccc(-c2scc(C(C)=N)c2O)cc1. The molecule has 1 aromatic heterocycles. The molecular weight excluding hydrogens is 278 g/mol. The molecule has 2 rings (SSSR count). The van der Waals surface area contributed by atoms with E-state index in [4.69, 9.17) is 5.41 Å². The largest absolute Gasteiger partial charge is 0.506 e. The highest BCUT2D eigenvalue weighted by molar-refractivity contribution is 7.14. The zero-order valence-corrected chi connectivity index (χ0v) is 13.8. The van der Waals surface area contributed by atoms with Gasteiger partial charge in [-0.25, -0.2) is 0 Å². The van der Waals surface area contributed by atoms with Gasteiger partial charge in [0.05, 0.1) is 4.88 Å². The van der Waals surface area contributed by atoms with Gasteiger partial charge in [-0.1, -0.05) is 51.0 Å². The second-order valence-corrected chi connectivity index (χ2v) is 6.50. The van der Waals surface area contributed by atoms with Gasteiger partial charge in [-0.15, -0.1) is 11.3 Å². The summed E-state index contributed by atoms with van der Waals surface area (Å²) in [6.45, 7) is 6.19. The average molecular weight is 301 g/mol. The highest BCUT2D eigenvalue weighted by Gasteiger charge is 2.14. The quantitative estimate of drug-likeness (QED) is 0.650. The number of hydrogen-bond acceptors (Lipinski definition) is 3. The van der Waals surface area contributed by atoms with Gasteiger partial charge in [0, 0.05) is 16.7 Å². The predicted molar refractivity (Wildman–Crippen MR) is 91.9 cm³/mol. The molecule has 0 fully saturated rings. The lowest BCUT2D eigenvalue weighted by molar-refractivity contribution is 0.478. The van der Waals surface area contributed by atoms with Crippen molar-refractivity contribution < 1.29 is 5.11 Å². The number of thiophene rings is 1. The normalized spacial score (nSPS) is 12.3. The van der Waals surface area contributed by atoms with Crippen LogP contribution in [0.2, 0.25) is 0 Å². The van der Waals surface area contributed by atoms with Crippen molar-refractivity contribution in [2.45, 2.75) is 46.0 Å². The lowest BCUT2D eigenvalue weighted by Gasteiger charge is -2.11. The number of hydrogen-bond donors (Lipinski definition) is 2. The molecule has 0 aliphatic carbocycles. The van der Waals surface area contributed by atoms with Crippen molar-refractivity contribution in [3.05, 3.63) is 40.8 Å². The molecule has 112 valence electrons. The van der Waals surface area contributed by atoms with Crippen molar-refractivity contribution in [3.8, 4) is 16.2 Å². The minimum Gasteiger partial charge on any atom is -0.506 e. The summed E-state index contributed by atoms with van der Waals surface area (Å²) in [5.74, 6) is 0.814. The first-order chi connectivity index (χ1) is 10.0. The van der Waals surface area contributed by atoms with Gasteiger partial charge < -0.3 is 10.5 Å². The van der Waals surface area contributed by atoms with E-state index in [1.807, 2.05) is 5.38 Å². The maximum Gasteiger partial charge on any atom is 0.143 e. The molecule has 1 unspecified atom stereocenters. The van der Waals surface area contributed by atoms with Gasteiger partial charge in [0.25, 0.3) is 0 Å². The van der Waals surface area contributed by atoms with E-state index < -0.39 is 0 Å². The number of unbranched alkanes of at least 4 members (excludes halogenated alkanes) is 1. The third-order valence-electron chi connectivity index (χ3n) is 3.90. The van der Waals surface area contributed by atoms with Crippen molar-refractivity contribution in [1.82, 2.24) is 0 Å². The van der Waals surface area contributed by atoms with Crippen molar-refractivity contribution in [3.63, 3.8) is 0 Å². The maximum absolute atomic E-state index is 10.2. The molecule has 0 bridgehead atoms. The Hall–Kier alpha value is -1.61. The minimum atomic E-state index is 0.235. The number of aromatic hydroxyl groups is 1. The van der Waals surface area contributed by atoms with Gasteiger partial charge in [-0.05, 0) is 30.4 Å². The third-order valence-corrected chi connectivity index (χ3v) is 4.92. The van der Waals surface area contributed by atoms with Gasteiger partial charge in [0.15, 0.2) is 0 Å². The molecule has 0 radical (unpaired) electrons. The van der Waals surface area contributed by atoms with Gasteiger partial charge in [-0.2, -0.15) is 0 Å². The number of rotatable bonds is 6. The molecule has 2 N–H and O–H groups in total. The average Bonchev–Trinajstić information content (AvgIpc) is 2.87. The van der Waals surface area contributed by atoms with Crippen LogP contribution >= 0.6 is 11.3 Å². The van der Waals surface area contributed by atoms with Crippen LogP contribution in [0.4, 0.5) is 0 Å². The van der Waals surface area contributed by atoms with Crippen LogP contribution in [0.3, 0.4) is 0 Å². The van der Waals surface area contributed by atoms with Crippen LogP contribution in [-0.4, -0.2) is 10.8 Å². The third kappa shape index (κ3) is 3.53. The summed E-state index contributed by atoms with van der Waals surface area (Å²) in [6.07, 6.45) is 3.71. The fraction of sp³-hybridized carbons (Fsp3) is 0.389. The second-order valence-electron chi connectivity index (χ2n) is 5.62. The van der Waals surface area contributed by atoms with Crippen LogP contribution in [0.15, 0.2) is 29.6 Å². The van der Waals surface area contributed by atoms with E-state index in [9.17, 15) is 5.11 Å². The minimum absolute atomic E-state index is 0.235. The van der Waals surface area contributed by atoms with Crippen molar-refractivity contribution >= 4 is 17.0 Å². The summed E-state index contributed by atoms with van der Waals surface area (Å²) in [7, 11) is 0. The van der Waals surface area contributed by atoms with E-state index >= 15 is 0 Å². The second kappa shape index (κ2) is 6.90. The van der Waals surface area contributed by atoms with Gasteiger partial charge >= 0.3 is 0 Å². The van der Waals surface area contributed by atoms with Crippen LogP contribution in [-0.2, 0) is 0 Å². The number of nitrogens with one attached hydrogen (secondary N) is 1. The molecule has 0 saturated carbocycles. The molecule has 2 aromatic rings. The van der Waals surface area contributed by atoms with Crippen molar-refractivity contribution in [2.24, 2.45) is 0 Å². The molecule has 1 heterocycles. The van der Waals surface area contributed by atoms with Crippen LogP contribution in [0, 0.1) is 5.41 Å². The fourth-order valence-corrected chi connectivity index (χ4v) is 3.48. The molecule has 21 heavy (non-hydrogen) atoms. The zero-order valence-electron chi connectivity index (χ0n) is 12.9. The molecule has 0 amide bonds. The summed E-state index contributed by atoms with van der Waals surface area (Å²) in [5, 5.41) is 19.7. The molecule has 1 aromatic carbocycles. The Bertz CT molecular complexity index is 613. The molecule has 1 atom stereocenters. The first-order valence-electron chi connectivity index (χ1n) is 7.50. The van der Waals surface area contributed by atoms with Crippen LogP contribution in [0.25, 0.3) is 10.4 Å². The fourth-order valence-electron chi connectivity index (χ4n) is 2.46. The first-order valence-corrected chi connectivity index (χ1v) is 8.38.